The van der Waals surface area contributed by atoms with Gasteiger partial charge in [0.05, 0.1) is 6.61 Å². The molecule has 0 fully saturated rings. The first-order valence-electron chi connectivity index (χ1n) is 5.38. The molecule has 0 saturated heterocycles. The molecule has 0 spiro atoms. The zero-order valence-corrected chi connectivity index (χ0v) is 9.40. The Hall–Kier alpha value is -1.82. The van der Waals surface area contributed by atoms with E-state index in [9.17, 15) is 4.79 Å². The van der Waals surface area contributed by atoms with Crippen LogP contribution < -0.4 is 0 Å². The lowest BCUT2D eigenvalue weighted by molar-refractivity contribution is -0.143. The minimum absolute atomic E-state index is 0.151. The van der Waals surface area contributed by atoms with Gasteiger partial charge in [-0.2, -0.15) is 0 Å². The number of hydrogen-bond donors (Lipinski definition) is 0. The van der Waals surface area contributed by atoms with Crippen LogP contribution in [0.5, 0.6) is 0 Å². The molecule has 1 aromatic rings. The van der Waals surface area contributed by atoms with Gasteiger partial charge < -0.3 is 4.74 Å². The highest BCUT2D eigenvalue weighted by Crippen LogP contribution is 1.97. The summed E-state index contributed by atoms with van der Waals surface area (Å²) in [5.74, 6) is 5.77. The number of pyridine rings is 1. The second kappa shape index (κ2) is 7.47. The first-order valence-corrected chi connectivity index (χ1v) is 5.38. The van der Waals surface area contributed by atoms with E-state index in [2.05, 4.69) is 16.8 Å². The van der Waals surface area contributed by atoms with Crippen LogP contribution in [-0.4, -0.2) is 17.6 Å². The predicted octanol–water partition coefficient (Wildman–Crippen LogP) is 2.17. The molecule has 84 valence electrons. The number of esters is 1. The summed E-state index contributed by atoms with van der Waals surface area (Å²) in [5, 5.41) is 0. The molecule has 0 aromatic carbocycles. The molecule has 1 aromatic heterocycles. The summed E-state index contributed by atoms with van der Waals surface area (Å²) in [5.41, 5.74) is 0.763. The van der Waals surface area contributed by atoms with E-state index in [1.165, 1.54) is 0 Å². The first kappa shape index (κ1) is 12.3. The van der Waals surface area contributed by atoms with E-state index < -0.39 is 0 Å². The van der Waals surface area contributed by atoms with E-state index in [4.69, 9.17) is 4.74 Å². The Labute approximate surface area is 95.8 Å². The molecule has 0 saturated carbocycles. The van der Waals surface area contributed by atoms with Crippen LogP contribution in [0, 0.1) is 11.8 Å². The quantitative estimate of drug-likeness (QED) is 0.441. The highest BCUT2D eigenvalue weighted by Gasteiger charge is 1.98. The van der Waals surface area contributed by atoms with Crippen LogP contribution in [0.3, 0.4) is 0 Å². The summed E-state index contributed by atoms with van der Waals surface area (Å²) < 4.78 is 4.81. The Balaban J connectivity index is 2.21. The monoisotopic (exact) mass is 217 g/mol. The van der Waals surface area contributed by atoms with Gasteiger partial charge in [-0.1, -0.05) is 12.0 Å². The molecule has 0 aliphatic rings. The smallest absolute Gasteiger partial charge is 0.305 e. The van der Waals surface area contributed by atoms with Gasteiger partial charge in [-0.15, -0.1) is 0 Å². The molecule has 0 aliphatic carbocycles. The lowest BCUT2D eigenvalue weighted by Crippen LogP contribution is -2.02. The maximum atomic E-state index is 11.0. The van der Waals surface area contributed by atoms with Crippen LogP contribution in [0.2, 0.25) is 0 Å². The molecular weight excluding hydrogens is 202 g/mol. The van der Waals surface area contributed by atoms with E-state index in [1.807, 2.05) is 18.2 Å². The van der Waals surface area contributed by atoms with Crippen LogP contribution >= 0.6 is 0 Å². The van der Waals surface area contributed by atoms with Gasteiger partial charge in [0.1, 0.15) is 5.69 Å². The average Bonchev–Trinajstić information content (AvgIpc) is 2.30. The fourth-order valence-corrected chi connectivity index (χ4v) is 1.14. The normalized spacial score (nSPS) is 9.06. The van der Waals surface area contributed by atoms with Crippen molar-refractivity contribution in [2.24, 2.45) is 0 Å². The molecule has 0 atom stereocenters. The minimum atomic E-state index is -0.151. The maximum Gasteiger partial charge on any atom is 0.305 e. The second-order valence-electron chi connectivity index (χ2n) is 3.18. The molecule has 3 heteroatoms. The fraction of sp³-hybridized carbons (Fsp3) is 0.385. The van der Waals surface area contributed by atoms with Crippen LogP contribution in [0.1, 0.15) is 31.9 Å². The number of nitrogens with zero attached hydrogens (tertiary/aromatic N) is 1. The molecule has 0 radical (unpaired) electrons. The van der Waals surface area contributed by atoms with Crippen molar-refractivity contribution >= 4 is 5.97 Å². The molecule has 1 heterocycles. The van der Waals surface area contributed by atoms with Crippen LogP contribution in [0.25, 0.3) is 0 Å². The van der Waals surface area contributed by atoms with Crippen LogP contribution in [-0.2, 0) is 9.53 Å². The fourth-order valence-electron chi connectivity index (χ4n) is 1.14. The third-order valence-electron chi connectivity index (χ3n) is 1.87. The molecule has 16 heavy (non-hydrogen) atoms. The van der Waals surface area contributed by atoms with Crippen molar-refractivity contribution in [2.45, 2.75) is 26.2 Å². The van der Waals surface area contributed by atoms with Crippen molar-refractivity contribution in [1.29, 1.82) is 0 Å². The zero-order chi connectivity index (χ0) is 11.6. The lowest BCUT2D eigenvalue weighted by Gasteiger charge is -1.98. The van der Waals surface area contributed by atoms with Crippen LogP contribution in [0.4, 0.5) is 0 Å². The first-order chi connectivity index (χ1) is 7.83. The van der Waals surface area contributed by atoms with Gasteiger partial charge in [-0.05, 0) is 31.4 Å². The van der Waals surface area contributed by atoms with Crippen molar-refractivity contribution in [3.63, 3.8) is 0 Å². The SMILES string of the molecule is CCOC(=O)CCCC#Cc1ccccn1. The van der Waals surface area contributed by atoms with Crippen LogP contribution in [0.15, 0.2) is 24.4 Å². The molecule has 1 rings (SSSR count). The highest BCUT2D eigenvalue weighted by atomic mass is 16.5. The Bertz CT molecular complexity index is 376. The maximum absolute atomic E-state index is 11.0. The van der Waals surface area contributed by atoms with Gasteiger partial charge in [0.15, 0.2) is 0 Å². The minimum Gasteiger partial charge on any atom is -0.466 e. The molecule has 0 unspecified atom stereocenters. The number of hydrogen-bond acceptors (Lipinski definition) is 3. The van der Waals surface area contributed by atoms with Gasteiger partial charge >= 0.3 is 5.97 Å². The molecule has 3 nitrogen and oxygen atoms in total. The van der Waals surface area contributed by atoms with E-state index in [0.717, 1.165) is 12.1 Å². The predicted molar refractivity (Wildman–Crippen MR) is 61.6 cm³/mol. The van der Waals surface area contributed by atoms with Gasteiger partial charge in [0.2, 0.25) is 0 Å². The van der Waals surface area contributed by atoms with E-state index in [0.29, 0.717) is 19.4 Å². The Morgan fingerprint density at radius 3 is 3.06 bits per heavy atom. The third kappa shape index (κ3) is 5.16. The Morgan fingerprint density at radius 1 is 1.50 bits per heavy atom. The third-order valence-corrected chi connectivity index (χ3v) is 1.87. The molecule has 0 amide bonds. The number of unbranched alkanes of at least 4 members (excludes halogenated alkanes) is 1. The molecule has 0 bridgehead atoms. The molecular formula is C13H15NO2. The topological polar surface area (TPSA) is 39.2 Å². The highest BCUT2D eigenvalue weighted by molar-refractivity contribution is 5.69. The van der Waals surface area contributed by atoms with E-state index in [-0.39, 0.29) is 5.97 Å². The summed E-state index contributed by atoms with van der Waals surface area (Å²) in [7, 11) is 0. The van der Waals surface area contributed by atoms with Gasteiger partial charge in [-0.3, -0.25) is 4.79 Å². The Morgan fingerprint density at radius 2 is 2.38 bits per heavy atom. The van der Waals surface area contributed by atoms with Gasteiger partial charge in [0, 0.05) is 19.0 Å². The van der Waals surface area contributed by atoms with Gasteiger partial charge in [-0.25, -0.2) is 4.98 Å². The summed E-state index contributed by atoms with van der Waals surface area (Å²) in [6, 6.07) is 5.61. The number of rotatable bonds is 4. The van der Waals surface area contributed by atoms with E-state index >= 15 is 0 Å². The summed E-state index contributed by atoms with van der Waals surface area (Å²) in [6.45, 7) is 2.25. The average molecular weight is 217 g/mol. The summed E-state index contributed by atoms with van der Waals surface area (Å²) in [4.78, 5) is 15.1. The van der Waals surface area contributed by atoms with Crippen molar-refractivity contribution in [2.75, 3.05) is 6.61 Å². The zero-order valence-electron chi connectivity index (χ0n) is 9.40. The lowest BCUT2D eigenvalue weighted by atomic mass is 10.2. The van der Waals surface area contributed by atoms with Gasteiger partial charge in [0.25, 0.3) is 0 Å². The number of carbonyl (C=O) groups is 1. The van der Waals surface area contributed by atoms with Crippen molar-refractivity contribution in [1.82, 2.24) is 4.98 Å². The van der Waals surface area contributed by atoms with Crippen molar-refractivity contribution in [3.8, 4) is 11.8 Å². The largest absolute Gasteiger partial charge is 0.466 e. The number of carbonyl (C=O) groups excluding carboxylic acids is 1. The Kier molecular flexibility index (Phi) is 5.72. The number of ether oxygens (including phenoxy) is 1. The standard InChI is InChI=1S/C13H15NO2/c1-2-16-13(15)10-5-3-4-8-12-9-6-7-11-14-12/h6-7,9,11H,2-3,5,10H2,1H3. The van der Waals surface area contributed by atoms with Crippen molar-refractivity contribution in [3.05, 3.63) is 30.1 Å². The molecule has 0 aliphatic heterocycles. The second-order valence-corrected chi connectivity index (χ2v) is 3.18. The summed E-state index contributed by atoms with van der Waals surface area (Å²) in [6.07, 6.45) is 3.57. The van der Waals surface area contributed by atoms with Crippen molar-refractivity contribution < 1.29 is 9.53 Å². The number of aromatic nitrogens is 1. The summed E-state index contributed by atoms with van der Waals surface area (Å²) >= 11 is 0. The molecule has 0 N–H and O–H groups in total. The van der Waals surface area contributed by atoms with E-state index in [1.54, 1.807) is 13.1 Å².